The molecule has 1 saturated heterocycles. The molecule has 1 aliphatic heterocycles. The van der Waals surface area contributed by atoms with Gasteiger partial charge >= 0.3 is 0 Å². The van der Waals surface area contributed by atoms with Gasteiger partial charge in [0, 0.05) is 12.0 Å². The van der Waals surface area contributed by atoms with Crippen molar-refractivity contribution < 1.29 is 18.4 Å². The minimum atomic E-state index is -0.664. The highest BCUT2D eigenvalue weighted by atomic mass is 19.1. The summed E-state index contributed by atoms with van der Waals surface area (Å²) in [5.74, 6) is -2.97. The van der Waals surface area contributed by atoms with Gasteiger partial charge in [-0.25, -0.2) is 8.78 Å². The van der Waals surface area contributed by atoms with Gasteiger partial charge in [-0.3, -0.25) is 14.9 Å². The molecular formula is C15H17F2NO2. The van der Waals surface area contributed by atoms with Gasteiger partial charge in [-0.15, -0.1) is 0 Å². The van der Waals surface area contributed by atoms with Crippen LogP contribution in [0.25, 0.3) is 0 Å². The maximum atomic E-state index is 14.1. The summed E-state index contributed by atoms with van der Waals surface area (Å²) in [6.45, 7) is 3.62. The molecule has 1 aromatic carbocycles. The van der Waals surface area contributed by atoms with E-state index in [1.165, 1.54) is 12.1 Å². The van der Waals surface area contributed by atoms with Crippen LogP contribution in [0.2, 0.25) is 0 Å². The molecule has 0 radical (unpaired) electrons. The lowest BCUT2D eigenvalue weighted by Gasteiger charge is -2.22. The summed E-state index contributed by atoms with van der Waals surface area (Å²) in [4.78, 5) is 22.8. The third-order valence-corrected chi connectivity index (χ3v) is 3.85. The van der Waals surface area contributed by atoms with Crippen molar-refractivity contribution in [1.82, 2.24) is 5.32 Å². The molecule has 0 aliphatic carbocycles. The highest BCUT2D eigenvalue weighted by Crippen LogP contribution is 2.31. The van der Waals surface area contributed by atoms with E-state index in [2.05, 4.69) is 5.32 Å². The first-order valence-corrected chi connectivity index (χ1v) is 6.76. The topological polar surface area (TPSA) is 46.2 Å². The van der Waals surface area contributed by atoms with Gasteiger partial charge in [0.25, 0.3) is 0 Å². The Bertz CT molecular complexity index is 534. The van der Waals surface area contributed by atoms with Gasteiger partial charge in [0.2, 0.25) is 11.8 Å². The van der Waals surface area contributed by atoms with Gasteiger partial charge in [-0.05, 0) is 36.5 Å². The Balaban J connectivity index is 2.35. The van der Waals surface area contributed by atoms with E-state index in [0.29, 0.717) is 6.42 Å². The number of hydrogen-bond donors (Lipinski definition) is 1. The molecule has 2 atom stereocenters. The maximum absolute atomic E-state index is 14.1. The number of halogens is 2. The summed E-state index contributed by atoms with van der Waals surface area (Å²) in [6.07, 6.45) is 1.10. The minimum Gasteiger partial charge on any atom is -0.296 e. The fourth-order valence-corrected chi connectivity index (χ4v) is 2.49. The Hall–Kier alpha value is -1.78. The SMILES string of the molecule is CCC(C)c1c(F)cc(C2CCC(=O)NC2=O)cc1F. The van der Waals surface area contributed by atoms with Crippen LogP contribution in [0.4, 0.5) is 8.78 Å². The molecule has 0 spiro atoms. The monoisotopic (exact) mass is 281 g/mol. The van der Waals surface area contributed by atoms with Gasteiger partial charge in [0.1, 0.15) is 11.6 Å². The molecule has 20 heavy (non-hydrogen) atoms. The van der Waals surface area contributed by atoms with E-state index in [4.69, 9.17) is 0 Å². The lowest BCUT2D eigenvalue weighted by atomic mass is 9.88. The average Bonchev–Trinajstić information content (AvgIpc) is 2.37. The zero-order valence-corrected chi connectivity index (χ0v) is 11.5. The van der Waals surface area contributed by atoms with E-state index < -0.39 is 23.5 Å². The number of nitrogens with one attached hydrogen (secondary N) is 1. The van der Waals surface area contributed by atoms with Crippen LogP contribution in [0, 0.1) is 11.6 Å². The van der Waals surface area contributed by atoms with Crippen LogP contribution >= 0.6 is 0 Å². The van der Waals surface area contributed by atoms with Crippen LogP contribution in [0.5, 0.6) is 0 Å². The first-order chi connectivity index (χ1) is 9.43. The van der Waals surface area contributed by atoms with E-state index in [1.807, 2.05) is 6.92 Å². The normalized spacial score (nSPS) is 20.7. The Morgan fingerprint density at radius 1 is 1.30 bits per heavy atom. The predicted molar refractivity (Wildman–Crippen MR) is 70.2 cm³/mol. The van der Waals surface area contributed by atoms with Crippen molar-refractivity contribution in [3.05, 3.63) is 34.9 Å². The van der Waals surface area contributed by atoms with Crippen molar-refractivity contribution in [3.63, 3.8) is 0 Å². The number of rotatable bonds is 3. The van der Waals surface area contributed by atoms with Crippen LogP contribution in [0.15, 0.2) is 12.1 Å². The second-order valence-electron chi connectivity index (χ2n) is 5.21. The standard InChI is InChI=1S/C15H17F2NO2/c1-3-8(2)14-11(16)6-9(7-12(14)17)10-4-5-13(19)18-15(10)20/h6-8,10H,3-5H2,1-2H3,(H,18,19,20). The highest BCUT2D eigenvalue weighted by Gasteiger charge is 2.29. The van der Waals surface area contributed by atoms with E-state index in [9.17, 15) is 18.4 Å². The van der Waals surface area contributed by atoms with E-state index in [1.54, 1.807) is 6.92 Å². The summed E-state index contributed by atoms with van der Waals surface area (Å²) >= 11 is 0. The smallest absolute Gasteiger partial charge is 0.234 e. The number of imide groups is 1. The number of carbonyl (C=O) groups excluding carboxylic acids is 2. The molecule has 2 amide bonds. The zero-order valence-electron chi connectivity index (χ0n) is 11.5. The fraction of sp³-hybridized carbons (Fsp3) is 0.467. The molecule has 1 aromatic rings. The van der Waals surface area contributed by atoms with E-state index >= 15 is 0 Å². The summed E-state index contributed by atoms with van der Waals surface area (Å²) in [5, 5.41) is 2.19. The van der Waals surface area contributed by atoms with Gasteiger partial charge in [0.15, 0.2) is 0 Å². The lowest BCUT2D eigenvalue weighted by molar-refractivity contribution is -0.134. The first-order valence-electron chi connectivity index (χ1n) is 6.76. The van der Waals surface area contributed by atoms with Crippen molar-refractivity contribution in [2.45, 2.75) is 44.9 Å². The van der Waals surface area contributed by atoms with Crippen molar-refractivity contribution in [3.8, 4) is 0 Å². The second-order valence-corrected chi connectivity index (χ2v) is 5.21. The molecular weight excluding hydrogens is 264 g/mol. The minimum absolute atomic E-state index is 0.0588. The summed E-state index contributed by atoms with van der Waals surface area (Å²) in [7, 11) is 0. The van der Waals surface area contributed by atoms with Gasteiger partial charge in [0.05, 0.1) is 5.92 Å². The molecule has 1 heterocycles. The lowest BCUT2D eigenvalue weighted by Crippen LogP contribution is -2.39. The molecule has 1 aliphatic rings. The largest absolute Gasteiger partial charge is 0.296 e. The van der Waals surface area contributed by atoms with E-state index in [-0.39, 0.29) is 35.8 Å². The summed E-state index contributed by atoms with van der Waals surface area (Å²) in [6, 6.07) is 2.43. The molecule has 0 aromatic heterocycles. The van der Waals surface area contributed by atoms with Gasteiger partial charge < -0.3 is 0 Å². The van der Waals surface area contributed by atoms with Crippen LogP contribution in [0.3, 0.4) is 0 Å². The van der Waals surface area contributed by atoms with Crippen molar-refractivity contribution in [1.29, 1.82) is 0 Å². The average molecular weight is 281 g/mol. The molecule has 3 nitrogen and oxygen atoms in total. The third kappa shape index (κ3) is 2.71. The van der Waals surface area contributed by atoms with Crippen LogP contribution in [0.1, 0.15) is 56.1 Å². The third-order valence-electron chi connectivity index (χ3n) is 3.85. The molecule has 1 N–H and O–H groups in total. The first kappa shape index (κ1) is 14.6. The Labute approximate surface area is 116 Å². The summed E-state index contributed by atoms with van der Waals surface area (Å²) < 4.78 is 28.1. The van der Waals surface area contributed by atoms with Crippen molar-refractivity contribution in [2.75, 3.05) is 0 Å². The quantitative estimate of drug-likeness (QED) is 0.866. The van der Waals surface area contributed by atoms with Crippen molar-refractivity contribution in [2.24, 2.45) is 0 Å². The predicted octanol–water partition coefficient (Wildman–Crippen LogP) is 3.00. The maximum Gasteiger partial charge on any atom is 0.234 e. The number of piperidine rings is 1. The molecule has 5 heteroatoms. The number of hydrogen-bond acceptors (Lipinski definition) is 2. The van der Waals surface area contributed by atoms with E-state index in [0.717, 1.165) is 0 Å². The second kappa shape index (κ2) is 5.69. The number of amides is 2. The van der Waals surface area contributed by atoms with Crippen LogP contribution in [-0.4, -0.2) is 11.8 Å². The van der Waals surface area contributed by atoms with Gasteiger partial charge in [-0.2, -0.15) is 0 Å². The number of carbonyl (C=O) groups is 2. The molecule has 2 rings (SSSR count). The molecule has 0 bridgehead atoms. The number of benzene rings is 1. The Morgan fingerprint density at radius 3 is 2.40 bits per heavy atom. The molecule has 1 fully saturated rings. The Kier molecular flexibility index (Phi) is 4.16. The molecule has 0 saturated carbocycles. The molecule has 108 valence electrons. The van der Waals surface area contributed by atoms with Crippen molar-refractivity contribution >= 4 is 11.8 Å². The van der Waals surface area contributed by atoms with Crippen LogP contribution < -0.4 is 5.32 Å². The van der Waals surface area contributed by atoms with Crippen LogP contribution in [-0.2, 0) is 9.59 Å². The summed E-state index contributed by atoms with van der Waals surface area (Å²) in [5.41, 5.74) is 0.348. The Morgan fingerprint density at radius 2 is 1.90 bits per heavy atom. The fourth-order valence-electron chi connectivity index (χ4n) is 2.49. The van der Waals surface area contributed by atoms with Gasteiger partial charge in [-0.1, -0.05) is 13.8 Å². The zero-order chi connectivity index (χ0) is 14.9. The highest BCUT2D eigenvalue weighted by molar-refractivity contribution is 6.00. The molecule has 2 unspecified atom stereocenters.